The van der Waals surface area contributed by atoms with Gasteiger partial charge in [-0.15, -0.1) is 0 Å². The average Bonchev–Trinajstić information content (AvgIpc) is 2.52. The van der Waals surface area contributed by atoms with E-state index in [-0.39, 0.29) is 12.5 Å². The number of hydrazone groups is 1. The number of amides is 1. The standard InChI is InChI=1S/C16H16ClN3O/c1-12(13-7-9-14(17)10-8-13)19-20-16(21)11-18-15-5-3-2-4-6-15/h2-10,18H,11H2,1H3,(H,20,21)/b19-12-. The quantitative estimate of drug-likeness (QED) is 0.658. The number of anilines is 1. The van der Waals surface area contributed by atoms with Gasteiger partial charge in [0.05, 0.1) is 12.3 Å². The van der Waals surface area contributed by atoms with Crippen LogP contribution in [-0.2, 0) is 4.79 Å². The smallest absolute Gasteiger partial charge is 0.259 e. The van der Waals surface area contributed by atoms with Gasteiger partial charge in [0.25, 0.3) is 5.91 Å². The first-order chi connectivity index (χ1) is 10.1. The van der Waals surface area contributed by atoms with E-state index in [4.69, 9.17) is 11.6 Å². The van der Waals surface area contributed by atoms with Crippen molar-refractivity contribution in [2.75, 3.05) is 11.9 Å². The van der Waals surface area contributed by atoms with Crippen molar-refractivity contribution in [2.45, 2.75) is 6.92 Å². The number of halogens is 1. The lowest BCUT2D eigenvalue weighted by molar-refractivity contribution is -0.119. The lowest BCUT2D eigenvalue weighted by Crippen LogP contribution is -2.26. The van der Waals surface area contributed by atoms with Crippen molar-refractivity contribution < 1.29 is 4.79 Å². The first kappa shape index (κ1) is 15.1. The van der Waals surface area contributed by atoms with E-state index in [2.05, 4.69) is 15.8 Å². The molecule has 0 aliphatic carbocycles. The minimum Gasteiger partial charge on any atom is -0.376 e. The van der Waals surface area contributed by atoms with Gasteiger partial charge in [-0.25, -0.2) is 5.43 Å². The van der Waals surface area contributed by atoms with Crippen molar-refractivity contribution in [3.63, 3.8) is 0 Å². The van der Waals surface area contributed by atoms with Crippen molar-refractivity contribution in [3.8, 4) is 0 Å². The van der Waals surface area contributed by atoms with Crippen LogP contribution in [0, 0.1) is 0 Å². The average molecular weight is 302 g/mol. The topological polar surface area (TPSA) is 53.5 Å². The number of hydrogen-bond donors (Lipinski definition) is 2. The third kappa shape index (κ3) is 4.93. The van der Waals surface area contributed by atoms with Gasteiger partial charge in [0.2, 0.25) is 0 Å². The van der Waals surface area contributed by atoms with Crippen molar-refractivity contribution in [3.05, 3.63) is 65.2 Å². The monoisotopic (exact) mass is 301 g/mol. The summed E-state index contributed by atoms with van der Waals surface area (Å²) in [5, 5.41) is 7.76. The van der Waals surface area contributed by atoms with E-state index >= 15 is 0 Å². The predicted molar refractivity (Wildman–Crippen MR) is 86.7 cm³/mol. The van der Waals surface area contributed by atoms with E-state index < -0.39 is 0 Å². The maximum Gasteiger partial charge on any atom is 0.259 e. The van der Waals surface area contributed by atoms with E-state index in [0.717, 1.165) is 17.0 Å². The second-order valence-electron chi connectivity index (χ2n) is 4.46. The van der Waals surface area contributed by atoms with Crippen molar-refractivity contribution >= 4 is 28.9 Å². The Labute approximate surface area is 128 Å². The second-order valence-corrected chi connectivity index (χ2v) is 4.90. The largest absolute Gasteiger partial charge is 0.376 e. The molecule has 1 amide bonds. The van der Waals surface area contributed by atoms with Gasteiger partial charge in [0.15, 0.2) is 0 Å². The van der Waals surface area contributed by atoms with Crippen molar-refractivity contribution in [1.82, 2.24) is 5.43 Å². The van der Waals surface area contributed by atoms with Gasteiger partial charge >= 0.3 is 0 Å². The molecule has 21 heavy (non-hydrogen) atoms. The highest BCUT2D eigenvalue weighted by Crippen LogP contribution is 2.10. The van der Waals surface area contributed by atoms with E-state index in [1.165, 1.54) is 0 Å². The summed E-state index contributed by atoms with van der Waals surface area (Å²) in [5.74, 6) is -0.202. The summed E-state index contributed by atoms with van der Waals surface area (Å²) in [7, 11) is 0. The summed E-state index contributed by atoms with van der Waals surface area (Å²) in [6.45, 7) is 2.00. The molecule has 0 bridgehead atoms. The summed E-state index contributed by atoms with van der Waals surface area (Å²) in [4.78, 5) is 11.7. The Hall–Kier alpha value is -2.33. The molecule has 5 heteroatoms. The first-order valence-corrected chi connectivity index (χ1v) is 6.91. The van der Waals surface area contributed by atoms with Crippen LogP contribution in [0.2, 0.25) is 5.02 Å². The number of para-hydroxylation sites is 1. The summed E-state index contributed by atoms with van der Waals surface area (Å²) in [6, 6.07) is 16.8. The van der Waals surface area contributed by atoms with Crippen LogP contribution in [0.4, 0.5) is 5.69 Å². The van der Waals surface area contributed by atoms with Gasteiger partial charge in [0.1, 0.15) is 0 Å². The molecule has 4 nitrogen and oxygen atoms in total. The molecule has 0 aromatic heterocycles. The Morgan fingerprint density at radius 2 is 1.76 bits per heavy atom. The molecular weight excluding hydrogens is 286 g/mol. The molecule has 2 rings (SSSR count). The highest BCUT2D eigenvalue weighted by Gasteiger charge is 2.01. The molecule has 0 saturated heterocycles. The van der Waals surface area contributed by atoms with Gasteiger partial charge < -0.3 is 5.32 Å². The number of rotatable bonds is 5. The van der Waals surface area contributed by atoms with E-state index in [9.17, 15) is 4.79 Å². The minimum atomic E-state index is -0.202. The van der Waals surface area contributed by atoms with Gasteiger partial charge in [0, 0.05) is 10.7 Å². The molecule has 2 aromatic rings. The summed E-state index contributed by atoms with van der Waals surface area (Å²) >= 11 is 5.83. The fourth-order valence-electron chi connectivity index (χ4n) is 1.68. The Bertz CT molecular complexity index is 624. The number of nitrogens with zero attached hydrogens (tertiary/aromatic N) is 1. The fourth-order valence-corrected chi connectivity index (χ4v) is 1.81. The number of benzene rings is 2. The Kier molecular flexibility index (Phi) is 5.35. The van der Waals surface area contributed by atoms with Gasteiger partial charge in [-0.2, -0.15) is 5.10 Å². The first-order valence-electron chi connectivity index (χ1n) is 6.53. The molecule has 108 valence electrons. The van der Waals surface area contributed by atoms with Crippen LogP contribution in [-0.4, -0.2) is 18.2 Å². The van der Waals surface area contributed by atoms with Crippen LogP contribution in [0.3, 0.4) is 0 Å². The van der Waals surface area contributed by atoms with Crippen LogP contribution in [0.1, 0.15) is 12.5 Å². The maximum atomic E-state index is 11.7. The predicted octanol–water partition coefficient (Wildman–Crippen LogP) is 3.29. The summed E-state index contributed by atoms with van der Waals surface area (Å²) in [5.41, 5.74) is 5.05. The number of carbonyl (C=O) groups excluding carboxylic acids is 1. The molecular formula is C16H16ClN3O. The molecule has 0 aliphatic rings. The lowest BCUT2D eigenvalue weighted by atomic mass is 10.1. The SMILES string of the molecule is C/C(=N/NC(=O)CNc1ccccc1)c1ccc(Cl)cc1. The van der Waals surface area contributed by atoms with Crippen LogP contribution < -0.4 is 10.7 Å². The third-order valence-corrected chi connectivity index (χ3v) is 3.09. The van der Waals surface area contributed by atoms with E-state index in [0.29, 0.717) is 5.02 Å². The molecule has 0 atom stereocenters. The van der Waals surface area contributed by atoms with Crippen LogP contribution in [0.15, 0.2) is 59.7 Å². The van der Waals surface area contributed by atoms with Crippen molar-refractivity contribution in [2.24, 2.45) is 5.10 Å². The second kappa shape index (κ2) is 7.45. The molecule has 0 radical (unpaired) electrons. The normalized spacial score (nSPS) is 11.0. The molecule has 2 N–H and O–H groups in total. The van der Waals surface area contributed by atoms with Gasteiger partial charge in [-0.05, 0) is 36.8 Å². The molecule has 0 heterocycles. The molecule has 0 fully saturated rings. The number of nitrogens with one attached hydrogen (secondary N) is 2. The zero-order chi connectivity index (χ0) is 15.1. The molecule has 2 aromatic carbocycles. The minimum absolute atomic E-state index is 0.168. The highest BCUT2D eigenvalue weighted by molar-refractivity contribution is 6.30. The number of carbonyl (C=O) groups is 1. The van der Waals surface area contributed by atoms with E-state index in [1.807, 2.05) is 49.4 Å². The van der Waals surface area contributed by atoms with Crippen LogP contribution in [0.5, 0.6) is 0 Å². The number of hydrogen-bond acceptors (Lipinski definition) is 3. The highest BCUT2D eigenvalue weighted by atomic mass is 35.5. The molecule has 0 aliphatic heterocycles. The molecule has 0 spiro atoms. The lowest BCUT2D eigenvalue weighted by Gasteiger charge is -2.06. The molecule has 0 saturated carbocycles. The van der Waals surface area contributed by atoms with Crippen LogP contribution >= 0.6 is 11.6 Å². The zero-order valence-corrected chi connectivity index (χ0v) is 12.4. The van der Waals surface area contributed by atoms with E-state index in [1.54, 1.807) is 12.1 Å². The van der Waals surface area contributed by atoms with Crippen LogP contribution in [0.25, 0.3) is 0 Å². The Morgan fingerprint density at radius 1 is 1.10 bits per heavy atom. The summed E-state index contributed by atoms with van der Waals surface area (Å²) < 4.78 is 0. The fraction of sp³-hybridized carbons (Fsp3) is 0.125. The van der Waals surface area contributed by atoms with Gasteiger partial charge in [-0.3, -0.25) is 4.79 Å². The molecule has 0 unspecified atom stereocenters. The zero-order valence-electron chi connectivity index (χ0n) is 11.6. The summed E-state index contributed by atoms with van der Waals surface area (Å²) in [6.07, 6.45) is 0. The maximum absolute atomic E-state index is 11.7. The Morgan fingerprint density at radius 3 is 2.43 bits per heavy atom. The third-order valence-electron chi connectivity index (χ3n) is 2.84. The van der Waals surface area contributed by atoms with Crippen molar-refractivity contribution in [1.29, 1.82) is 0 Å². The Balaban J connectivity index is 1.85. The van der Waals surface area contributed by atoms with Gasteiger partial charge in [-0.1, -0.05) is 41.9 Å².